The van der Waals surface area contributed by atoms with Gasteiger partial charge in [0.15, 0.2) is 17.3 Å². The zero-order valence-corrected chi connectivity index (χ0v) is 21.5. The number of benzene rings is 1. The van der Waals surface area contributed by atoms with Gasteiger partial charge in [0.1, 0.15) is 0 Å². The molecule has 1 amide bonds. The van der Waals surface area contributed by atoms with E-state index in [2.05, 4.69) is 27.8 Å². The van der Waals surface area contributed by atoms with Crippen LogP contribution in [0, 0.1) is 5.92 Å². The standard InChI is InChI=1S/C27H34N2O6S/c1-2-32-27-21(4-3-12-30)22(20-7-13-36-17-20)15-25(35-27)26(31)29-10-8-28(9-11-29)16-19-5-6-23-24(14-19)34-18-33-23/h5-7,13-15,17,21-22,27,30H,2-4,8-12,16,18H2,1H3. The number of hydrogen-bond donors (Lipinski definition) is 1. The molecule has 1 N–H and O–H groups in total. The first-order valence-corrected chi connectivity index (χ1v) is 13.6. The first-order valence-electron chi connectivity index (χ1n) is 12.7. The summed E-state index contributed by atoms with van der Waals surface area (Å²) in [4.78, 5) is 17.7. The van der Waals surface area contributed by atoms with Crippen molar-refractivity contribution in [3.05, 3.63) is 58.0 Å². The lowest BCUT2D eigenvalue weighted by Gasteiger charge is -2.39. The molecule has 0 radical (unpaired) electrons. The third kappa shape index (κ3) is 5.54. The van der Waals surface area contributed by atoms with Crippen molar-refractivity contribution in [1.82, 2.24) is 9.80 Å². The van der Waals surface area contributed by atoms with Gasteiger partial charge in [-0.15, -0.1) is 0 Å². The van der Waals surface area contributed by atoms with Crippen LogP contribution in [0.3, 0.4) is 0 Å². The molecule has 9 heteroatoms. The number of fused-ring (bicyclic) bond motifs is 1. The predicted molar refractivity (Wildman–Crippen MR) is 136 cm³/mol. The summed E-state index contributed by atoms with van der Waals surface area (Å²) < 4.78 is 23.0. The lowest BCUT2D eigenvalue weighted by molar-refractivity contribution is -0.171. The number of ether oxygens (including phenoxy) is 4. The van der Waals surface area contributed by atoms with E-state index in [0.717, 1.165) is 43.1 Å². The van der Waals surface area contributed by atoms with E-state index in [1.165, 1.54) is 5.56 Å². The Hall–Kier alpha value is -2.59. The van der Waals surface area contributed by atoms with Crippen LogP contribution in [-0.4, -0.2) is 73.3 Å². The molecule has 0 spiro atoms. The molecule has 3 aliphatic rings. The maximum atomic E-state index is 13.5. The largest absolute Gasteiger partial charge is 0.459 e. The Morgan fingerprint density at radius 2 is 2.00 bits per heavy atom. The van der Waals surface area contributed by atoms with Crippen molar-refractivity contribution in [3.8, 4) is 11.5 Å². The van der Waals surface area contributed by atoms with Crippen LogP contribution in [0.1, 0.15) is 36.8 Å². The minimum atomic E-state index is -0.511. The maximum Gasteiger partial charge on any atom is 0.288 e. The number of nitrogens with zero attached hydrogens (tertiary/aromatic N) is 2. The lowest BCUT2D eigenvalue weighted by atomic mass is 9.81. The van der Waals surface area contributed by atoms with E-state index >= 15 is 0 Å². The molecule has 194 valence electrons. The van der Waals surface area contributed by atoms with E-state index < -0.39 is 6.29 Å². The Morgan fingerprint density at radius 1 is 1.17 bits per heavy atom. The molecule has 1 aromatic carbocycles. The van der Waals surface area contributed by atoms with Gasteiger partial charge in [-0.25, -0.2) is 0 Å². The van der Waals surface area contributed by atoms with Crippen molar-refractivity contribution in [1.29, 1.82) is 0 Å². The summed E-state index contributed by atoms with van der Waals surface area (Å²) in [5.74, 6) is 1.93. The molecule has 1 aromatic heterocycles. The Balaban J connectivity index is 1.25. The van der Waals surface area contributed by atoms with Gasteiger partial charge in [0.05, 0.1) is 0 Å². The van der Waals surface area contributed by atoms with Crippen molar-refractivity contribution in [2.24, 2.45) is 5.92 Å². The van der Waals surface area contributed by atoms with E-state index in [0.29, 0.717) is 31.9 Å². The first kappa shape index (κ1) is 25.1. The average molecular weight is 515 g/mol. The highest BCUT2D eigenvalue weighted by Crippen LogP contribution is 2.40. The summed E-state index contributed by atoms with van der Waals surface area (Å²) in [5, 5.41) is 13.6. The number of piperazine rings is 1. The Morgan fingerprint density at radius 3 is 2.75 bits per heavy atom. The minimum absolute atomic E-state index is 0.0133. The average Bonchev–Trinajstić information content (AvgIpc) is 3.60. The molecule has 0 saturated carbocycles. The predicted octanol–water partition coefficient (Wildman–Crippen LogP) is 3.57. The van der Waals surface area contributed by atoms with Gasteiger partial charge in [-0.05, 0) is 65.9 Å². The number of allylic oxidation sites excluding steroid dienone is 1. The highest BCUT2D eigenvalue weighted by atomic mass is 32.1. The molecular weight excluding hydrogens is 480 g/mol. The molecule has 8 nitrogen and oxygen atoms in total. The Kier molecular flexibility index (Phi) is 8.11. The van der Waals surface area contributed by atoms with E-state index in [-0.39, 0.29) is 31.1 Å². The number of carbonyl (C=O) groups excluding carboxylic acids is 1. The normalized spacial score (nSPS) is 23.9. The Bertz CT molecular complexity index is 1050. The van der Waals surface area contributed by atoms with Crippen molar-refractivity contribution >= 4 is 17.2 Å². The number of hydrogen-bond acceptors (Lipinski definition) is 8. The second kappa shape index (κ2) is 11.6. The van der Waals surface area contributed by atoms with Gasteiger partial charge in [0.2, 0.25) is 13.1 Å². The monoisotopic (exact) mass is 514 g/mol. The molecule has 2 aromatic rings. The molecule has 0 bridgehead atoms. The van der Waals surface area contributed by atoms with Gasteiger partial charge in [-0.3, -0.25) is 9.69 Å². The van der Waals surface area contributed by atoms with Crippen molar-refractivity contribution in [3.63, 3.8) is 0 Å². The van der Waals surface area contributed by atoms with E-state index in [1.54, 1.807) is 11.3 Å². The van der Waals surface area contributed by atoms with Crippen molar-refractivity contribution < 1.29 is 28.8 Å². The smallest absolute Gasteiger partial charge is 0.288 e. The molecule has 1 saturated heterocycles. The first-order chi connectivity index (χ1) is 17.7. The minimum Gasteiger partial charge on any atom is -0.459 e. The highest BCUT2D eigenvalue weighted by molar-refractivity contribution is 7.08. The van der Waals surface area contributed by atoms with E-state index in [1.807, 2.05) is 30.0 Å². The summed E-state index contributed by atoms with van der Waals surface area (Å²) in [5.41, 5.74) is 2.33. The highest BCUT2D eigenvalue weighted by Gasteiger charge is 2.39. The van der Waals surface area contributed by atoms with E-state index in [9.17, 15) is 9.90 Å². The SMILES string of the molecule is CCOC1OC(C(=O)N2CCN(Cc3ccc4c(c3)OCO4)CC2)=CC(c2ccsc2)C1CCCO. The number of amides is 1. The van der Waals surface area contributed by atoms with Gasteiger partial charge < -0.3 is 29.0 Å². The molecule has 3 atom stereocenters. The molecule has 5 rings (SSSR count). The Labute approximate surface area is 216 Å². The van der Waals surface area contributed by atoms with Crippen LogP contribution in [0.25, 0.3) is 0 Å². The van der Waals surface area contributed by atoms with Crippen molar-refractivity contribution in [2.45, 2.75) is 38.5 Å². The van der Waals surface area contributed by atoms with Crippen LogP contribution >= 0.6 is 11.3 Å². The third-order valence-corrected chi connectivity index (χ3v) is 7.75. The molecule has 36 heavy (non-hydrogen) atoms. The van der Waals surface area contributed by atoms with E-state index in [4.69, 9.17) is 18.9 Å². The van der Waals surface area contributed by atoms with Crippen LogP contribution < -0.4 is 9.47 Å². The summed E-state index contributed by atoms with van der Waals surface area (Å²) in [7, 11) is 0. The van der Waals surface area contributed by atoms with Crippen LogP contribution in [-0.2, 0) is 20.8 Å². The fourth-order valence-electron chi connectivity index (χ4n) is 5.16. The third-order valence-electron chi connectivity index (χ3n) is 7.05. The molecule has 3 unspecified atom stereocenters. The quantitative estimate of drug-likeness (QED) is 0.548. The molecule has 3 aliphatic heterocycles. The van der Waals surface area contributed by atoms with Crippen LogP contribution in [0.4, 0.5) is 0 Å². The van der Waals surface area contributed by atoms with Gasteiger partial charge in [-0.1, -0.05) is 6.07 Å². The summed E-state index contributed by atoms with van der Waals surface area (Å²) >= 11 is 1.64. The molecular formula is C27H34N2O6S. The second-order valence-electron chi connectivity index (χ2n) is 9.34. The number of aliphatic hydroxyl groups is 1. The van der Waals surface area contributed by atoms with Gasteiger partial charge in [0, 0.05) is 57.8 Å². The maximum absolute atomic E-state index is 13.5. The van der Waals surface area contributed by atoms with Gasteiger partial charge in [0.25, 0.3) is 5.91 Å². The zero-order chi connectivity index (χ0) is 24.9. The zero-order valence-electron chi connectivity index (χ0n) is 20.6. The number of aliphatic hydroxyl groups excluding tert-OH is 1. The summed E-state index contributed by atoms with van der Waals surface area (Å²) in [6.45, 7) is 6.49. The number of rotatable bonds is 9. The lowest BCUT2D eigenvalue weighted by Crippen LogP contribution is -2.49. The van der Waals surface area contributed by atoms with Gasteiger partial charge >= 0.3 is 0 Å². The van der Waals surface area contributed by atoms with Crippen molar-refractivity contribution in [2.75, 3.05) is 46.2 Å². The fourth-order valence-corrected chi connectivity index (χ4v) is 5.87. The summed E-state index contributed by atoms with van der Waals surface area (Å²) in [6.07, 6.45) is 2.89. The fraction of sp³-hybridized carbons (Fsp3) is 0.519. The van der Waals surface area contributed by atoms with Crippen LogP contribution in [0.15, 0.2) is 46.9 Å². The topological polar surface area (TPSA) is 80.7 Å². The van der Waals surface area contributed by atoms with Crippen LogP contribution in [0.2, 0.25) is 0 Å². The number of carbonyl (C=O) groups is 1. The summed E-state index contributed by atoms with van der Waals surface area (Å²) in [6, 6.07) is 8.16. The number of thiophene rings is 1. The second-order valence-corrected chi connectivity index (χ2v) is 10.1. The van der Waals surface area contributed by atoms with Crippen LogP contribution in [0.5, 0.6) is 11.5 Å². The van der Waals surface area contributed by atoms with Gasteiger partial charge in [-0.2, -0.15) is 11.3 Å². The molecule has 4 heterocycles. The molecule has 1 fully saturated rings. The molecule has 0 aliphatic carbocycles.